The summed E-state index contributed by atoms with van der Waals surface area (Å²) >= 11 is 6.05. The molecular weight excluding hydrogens is 343 g/mol. The molecule has 0 amide bonds. The zero-order valence-electron chi connectivity index (χ0n) is 13.7. The van der Waals surface area contributed by atoms with E-state index < -0.39 is 11.8 Å². The largest absolute Gasteiger partial charge is 0.404 e. The van der Waals surface area contributed by atoms with Gasteiger partial charge in [0, 0.05) is 11.1 Å². The van der Waals surface area contributed by atoms with Gasteiger partial charge in [0.25, 0.3) is 0 Å². The number of rotatable bonds is 4. The van der Waals surface area contributed by atoms with Crippen molar-refractivity contribution in [2.75, 3.05) is 0 Å². The van der Waals surface area contributed by atoms with Crippen LogP contribution in [0.25, 0.3) is 5.69 Å². The summed E-state index contributed by atoms with van der Waals surface area (Å²) in [6.45, 7) is 3.99. The molecule has 4 nitrogen and oxygen atoms in total. The maximum Gasteiger partial charge on any atom is 0.344 e. The number of carbonyl (C=O) groups excluding carboxylic acids is 1. The van der Waals surface area contributed by atoms with Crippen LogP contribution in [-0.2, 0) is 0 Å². The third-order valence-electron chi connectivity index (χ3n) is 3.62. The van der Waals surface area contributed by atoms with E-state index in [0.29, 0.717) is 10.7 Å². The summed E-state index contributed by atoms with van der Waals surface area (Å²) in [6, 6.07) is 14.0. The lowest BCUT2D eigenvalue weighted by atomic mass is 10.1. The maximum absolute atomic E-state index is 13.0. The van der Waals surface area contributed by atoms with Crippen LogP contribution in [0.1, 0.15) is 35.8 Å². The van der Waals surface area contributed by atoms with E-state index in [4.69, 9.17) is 16.3 Å². The first-order valence-electron chi connectivity index (χ1n) is 7.77. The summed E-state index contributed by atoms with van der Waals surface area (Å²) in [5.41, 5.74) is 1.72. The average molecular weight is 359 g/mol. The fourth-order valence-electron chi connectivity index (χ4n) is 2.27. The molecule has 0 bridgehead atoms. The molecule has 25 heavy (non-hydrogen) atoms. The van der Waals surface area contributed by atoms with E-state index >= 15 is 0 Å². The van der Waals surface area contributed by atoms with Crippen LogP contribution in [0.3, 0.4) is 0 Å². The summed E-state index contributed by atoms with van der Waals surface area (Å²) < 4.78 is 20.0. The molecule has 0 atom stereocenters. The molecule has 0 radical (unpaired) electrons. The van der Waals surface area contributed by atoms with Gasteiger partial charge >= 0.3 is 5.97 Å². The standard InChI is InChI=1S/C19H16ClFN2O2/c1-12(2)17-11-18(23(22-17)16-5-3-4-14(20)10-16)25-19(24)13-6-8-15(21)9-7-13/h3-12H,1-2H3. The van der Waals surface area contributed by atoms with Crippen molar-refractivity contribution in [2.24, 2.45) is 0 Å². The molecule has 0 aliphatic rings. The van der Waals surface area contributed by atoms with Crippen molar-refractivity contribution >= 4 is 17.6 Å². The molecule has 6 heteroatoms. The molecule has 1 aromatic heterocycles. The van der Waals surface area contributed by atoms with E-state index in [2.05, 4.69) is 5.10 Å². The Hall–Kier alpha value is -2.66. The Labute approximate surface area is 149 Å². The second-order valence-electron chi connectivity index (χ2n) is 5.85. The van der Waals surface area contributed by atoms with Gasteiger partial charge in [0.2, 0.25) is 5.88 Å². The van der Waals surface area contributed by atoms with E-state index in [1.165, 1.54) is 28.9 Å². The molecule has 3 aromatic rings. The summed E-state index contributed by atoms with van der Waals surface area (Å²) in [4.78, 5) is 12.3. The van der Waals surface area contributed by atoms with Crippen LogP contribution >= 0.6 is 11.6 Å². The Balaban J connectivity index is 1.97. The van der Waals surface area contributed by atoms with Gasteiger partial charge in [-0.25, -0.2) is 13.9 Å². The normalized spacial score (nSPS) is 10.9. The smallest absolute Gasteiger partial charge is 0.344 e. The lowest BCUT2D eigenvalue weighted by Crippen LogP contribution is -2.11. The molecule has 0 N–H and O–H groups in total. The number of aromatic nitrogens is 2. The third-order valence-corrected chi connectivity index (χ3v) is 3.85. The van der Waals surface area contributed by atoms with Gasteiger partial charge in [-0.1, -0.05) is 31.5 Å². The van der Waals surface area contributed by atoms with Gasteiger partial charge < -0.3 is 4.74 Å². The molecular formula is C19H16ClFN2O2. The molecule has 3 rings (SSSR count). The highest BCUT2D eigenvalue weighted by molar-refractivity contribution is 6.30. The van der Waals surface area contributed by atoms with Crippen molar-refractivity contribution in [3.05, 3.63) is 76.7 Å². The molecule has 2 aromatic carbocycles. The van der Waals surface area contributed by atoms with E-state index in [1.54, 1.807) is 24.3 Å². The van der Waals surface area contributed by atoms with Crippen LogP contribution in [0.15, 0.2) is 54.6 Å². The first kappa shape index (κ1) is 17.2. The lowest BCUT2D eigenvalue weighted by Gasteiger charge is -2.08. The second kappa shape index (κ2) is 7.07. The fourth-order valence-corrected chi connectivity index (χ4v) is 2.45. The van der Waals surface area contributed by atoms with Crippen LogP contribution in [0.2, 0.25) is 5.02 Å². The van der Waals surface area contributed by atoms with E-state index in [0.717, 1.165) is 5.69 Å². The number of ether oxygens (including phenoxy) is 1. The van der Waals surface area contributed by atoms with Crippen LogP contribution in [0.4, 0.5) is 4.39 Å². The highest BCUT2D eigenvalue weighted by Crippen LogP contribution is 2.26. The zero-order valence-corrected chi connectivity index (χ0v) is 14.5. The highest BCUT2D eigenvalue weighted by Gasteiger charge is 2.17. The minimum absolute atomic E-state index is 0.156. The molecule has 128 valence electrons. The highest BCUT2D eigenvalue weighted by atomic mass is 35.5. The molecule has 0 unspecified atom stereocenters. The van der Waals surface area contributed by atoms with E-state index in [1.807, 2.05) is 19.9 Å². The molecule has 0 aliphatic carbocycles. The third kappa shape index (κ3) is 3.88. The van der Waals surface area contributed by atoms with Crippen molar-refractivity contribution in [2.45, 2.75) is 19.8 Å². The molecule has 0 aliphatic heterocycles. The predicted molar refractivity (Wildman–Crippen MR) is 94.0 cm³/mol. The van der Waals surface area contributed by atoms with Gasteiger partial charge in [0.1, 0.15) is 5.82 Å². The van der Waals surface area contributed by atoms with Crippen LogP contribution in [0.5, 0.6) is 5.88 Å². The van der Waals surface area contributed by atoms with Crippen LogP contribution in [0, 0.1) is 5.82 Å². The lowest BCUT2D eigenvalue weighted by molar-refractivity contribution is 0.0723. The maximum atomic E-state index is 13.0. The van der Waals surface area contributed by atoms with Crippen molar-refractivity contribution < 1.29 is 13.9 Å². The quantitative estimate of drug-likeness (QED) is 0.616. The predicted octanol–water partition coefficient (Wildman–Crippen LogP) is 5.01. The molecule has 0 saturated heterocycles. The average Bonchev–Trinajstić information content (AvgIpc) is 2.99. The summed E-state index contributed by atoms with van der Waals surface area (Å²) in [7, 11) is 0. The number of hydrogen-bond acceptors (Lipinski definition) is 3. The van der Waals surface area contributed by atoms with Crippen LogP contribution in [-0.4, -0.2) is 15.7 Å². The van der Waals surface area contributed by atoms with Crippen molar-refractivity contribution in [1.29, 1.82) is 0 Å². The Bertz CT molecular complexity index is 904. The SMILES string of the molecule is CC(C)c1cc(OC(=O)c2ccc(F)cc2)n(-c2cccc(Cl)c2)n1. The van der Waals surface area contributed by atoms with Gasteiger partial charge in [-0.2, -0.15) is 5.10 Å². The molecule has 0 spiro atoms. The number of nitrogens with zero attached hydrogens (tertiary/aromatic N) is 2. The monoisotopic (exact) mass is 358 g/mol. The second-order valence-corrected chi connectivity index (χ2v) is 6.29. The van der Waals surface area contributed by atoms with E-state index in [9.17, 15) is 9.18 Å². The molecule has 1 heterocycles. The topological polar surface area (TPSA) is 44.1 Å². The Morgan fingerprint density at radius 3 is 2.52 bits per heavy atom. The van der Waals surface area contributed by atoms with Crippen LogP contribution < -0.4 is 4.74 Å². The summed E-state index contributed by atoms with van der Waals surface area (Å²) in [5.74, 6) is -0.565. The molecule has 0 fully saturated rings. The Morgan fingerprint density at radius 1 is 1.16 bits per heavy atom. The van der Waals surface area contributed by atoms with Crippen molar-refractivity contribution in [3.63, 3.8) is 0 Å². The number of esters is 1. The first-order chi connectivity index (χ1) is 11.9. The number of halogens is 2. The van der Waals surface area contributed by atoms with E-state index in [-0.39, 0.29) is 17.4 Å². The number of carbonyl (C=O) groups is 1. The Morgan fingerprint density at radius 2 is 1.88 bits per heavy atom. The molecule has 0 saturated carbocycles. The number of hydrogen-bond donors (Lipinski definition) is 0. The fraction of sp³-hybridized carbons (Fsp3) is 0.158. The van der Waals surface area contributed by atoms with Gasteiger partial charge in [-0.3, -0.25) is 0 Å². The summed E-state index contributed by atoms with van der Waals surface area (Å²) in [5, 5.41) is 5.05. The van der Waals surface area contributed by atoms with Gasteiger partial charge in [0.15, 0.2) is 0 Å². The van der Waals surface area contributed by atoms with Gasteiger partial charge in [0.05, 0.1) is 16.9 Å². The minimum Gasteiger partial charge on any atom is -0.404 e. The van der Waals surface area contributed by atoms with Gasteiger partial charge in [-0.05, 0) is 48.4 Å². The van der Waals surface area contributed by atoms with Crippen molar-refractivity contribution in [3.8, 4) is 11.6 Å². The first-order valence-corrected chi connectivity index (χ1v) is 8.15. The van der Waals surface area contributed by atoms with Gasteiger partial charge in [-0.15, -0.1) is 0 Å². The van der Waals surface area contributed by atoms with Crippen molar-refractivity contribution in [1.82, 2.24) is 9.78 Å². The Kier molecular flexibility index (Phi) is 4.86. The minimum atomic E-state index is -0.585. The number of benzene rings is 2. The zero-order chi connectivity index (χ0) is 18.0. The summed E-state index contributed by atoms with van der Waals surface area (Å²) in [6.07, 6.45) is 0.